The van der Waals surface area contributed by atoms with Crippen LogP contribution in [0, 0.1) is 0 Å². The Morgan fingerprint density at radius 2 is 2.31 bits per heavy atom. The van der Waals surface area contributed by atoms with E-state index >= 15 is 0 Å². The molecule has 1 atom stereocenters. The SMILES string of the molecule is CN1CC(F)(F)C[C@@H]1CCC(=O)O. The molecule has 0 aromatic heterocycles. The third kappa shape index (κ3) is 2.91. The van der Waals surface area contributed by atoms with E-state index in [1.807, 2.05) is 0 Å². The van der Waals surface area contributed by atoms with Crippen LogP contribution in [0.5, 0.6) is 0 Å². The molecule has 1 aliphatic rings. The Morgan fingerprint density at radius 3 is 2.69 bits per heavy atom. The number of carboxylic acid groups (broad SMARTS) is 1. The maximum atomic E-state index is 12.8. The second-order valence-electron chi connectivity index (χ2n) is 3.56. The molecule has 13 heavy (non-hydrogen) atoms. The summed E-state index contributed by atoms with van der Waals surface area (Å²) in [6.07, 6.45) is 0.0588. The number of carbonyl (C=O) groups is 1. The monoisotopic (exact) mass is 193 g/mol. The van der Waals surface area contributed by atoms with Crippen molar-refractivity contribution in [2.45, 2.75) is 31.2 Å². The number of rotatable bonds is 3. The number of aliphatic carboxylic acids is 1. The maximum Gasteiger partial charge on any atom is 0.303 e. The molecule has 1 fully saturated rings. The summed E-state index contributed by atoms with van der Waals surface area (Å²) in [4.78, 5) is 11.7. The molecule has 1 N–H and O–H groups in total. The van der Waals surface area contributed by atoms with Gasteiger partial charge in [-0.2, -0.15) is 0 Å². The van der Waals surface area contributed by atoms with Gasteiger partial charge in [0, 0.05) is 18.9 Å². The van der Waals surface area contributed by atoms with Crippen LogP contribution in [0.3, 0.4) is 0 Å². The number of hydrogen-bond acceptors (Lipinski definition) is 2. The lowest BCUT2D eigenvalue weighted by molar-refractivity contribution is -0.137. The number of alkyl halides is 2. The van der Waals surface area contributed by atoms with Gasteiger partial charge in [-0.05, 0) is 13.5 Å². The highest BCUT2D eigenvalue weighted by Crippen LogP contribution is 2.32. The lowest BCUT2D eigenvalue weighted by atomic mass is 10.1. The molecule has 0 aromatic carbocycles. The molecule has 5 heteroatoms. The van der Waals surface area contributed by atoms with Gasteiger partial charge in [0.1, 0.15) is 0 Å². The molecule has 1 saturated heterocycles. The third-order valence-electron chi connectivity index (χ3n) is 2.33. The quantitative estimate of drug-likeness (QED) is 0.731. The van der Waals surface area contributed by atoms with E-state index < -0.39 is 11.9 Å². The highest BCUT2D eigenvalue weighted by Gasteiger charge is 2.42. The largest absolute Gasteiger partial charge is 0.481 e. The first kappa shape index (κ1) is 10.4. The Labute approximate surface area is 75.3 Å². The van der Waals surface area contributed by atoms with Crippen molar-refractivity contribution in [1.82, 2.24) is 4.90 Å². The Kier molecular flexibility index (Phi) is 2.85. The normalized spacial score (nSPS) is 27.8. The van der Waals surface area contributed by atoms with E-state index in [1.54, 1.807) is 7.05 Å². The van der Waals surface area contributed by atoms with Crippen LogP contribution in [0.4, 0.5) is 8.78 Å². The summed E-state index contributed by atoms with van der Waals surface area (Å²) < 4.78 is 25.6. The van der Waals surface area contributed by atoms with Crippen molar-refractivity contribution >= 4 is 5.97 Å². The van der Waals surface area contributed by atoms with Gasteiger partial charge >= 0.3 is 5.97 Å². The zero-order chi connectivity index (χ0) is 10.1. The number of likely N-dealkylation sites (tertiary alicyclic amines) is 1. The number of carboxylic acids is 1. The van der Waals surface area contributed by atoms with Crippen molar-refractivity contribution in [2.24, 2.45) is 0 Å². The van der Waals surface area contributed by atoms with Crippen molar-refractivity contribution in [2.75, 3.05) is 13.6 Å². The summed E-state index contributed by atoms with van der Waals surface area (Å²) >= 11 is 0. The van der Waals surface area contributed by atoms with Crippen molar-refractivity contribution in [3.8, 4) is 0 Å². The second kappa shape index (κ2) is 3.57. The van der Waals surface area contributed by atoms with Gasteiger partial charge in [-0.25, -0.2) is 8.78 Å². The van der Waals surface area contributed by atoms with Crippen molar-refractivity contribution in [3.63, 3.8) is 0 Å². The Bertz CT molecular complexity index is 208. The average molecular weight is 193 g/mol. The van der Waals surface area contributed by atoms with E-state index in [9.17, 15) is 13.6 Å². The summed E-state index contributed by atoms with van der Waals surface area (Å²) in [7, 11) is 1.60. The van der Waals surface area contributed by atoms with Crippen molar-refractivity contribution < 1.29 is 18.7 Å². The van der Waals surface area contributed by atoms with Gasteiger partial charge in [0.25, 0.3) is 5.92 Å². The fraction of sp³-hybridized carbons (Fsp3) is 0.875. The van der Waals surface area contributed by atoms with Crippen LogP contribution in [-0.4, -0.2) is 41.5 Å². The number of nitrogens with zero attached hydrogens (tertiary/aromatic N) is 1. The van der Waals surface area contributed by atoms with Crippen LogP contribution in [-0.2, 0) is 4.79 Å². The predicted octanol–water partition coefficient (Wildman–Crippen LogP) is 1.19. The first-order valence-corrected chi connectivity index (χ1v) is 4.20. The fourth-order valence-corrected chi connectivity index (χ4v) is 1.67. The number of halogens is 2. The zero-order valence-electron chi connectivity index (χ0n) is 7.46. The molecule has 0 amide bonds. The molecule has 0 saturated carbocycles. The van der Waals surface area contributed by atoms with E-state index in [2.05, 4.69) is 0 Å². The Balaban J connectivity index is 2.39. The van der Waals surface area contributed by atoms with Gasteiger partial charge in [0.15, 0.2) is 0 Å². The highest BCUT2D eigenvalue weighted by atomic mass is 19.3. The van der Waals surface area contributed by atoms with Crippen LogP contribution in [0.1, 0.15) is 19.3 Å². The number of hydrogen-bond donors (Lipinski definition) is 1. The van der Waals surface area contributed by atoms with Gasteiger partial charge in [-0.15, -0.1) is 0 Å². The summed E-state index contributed by atoms with van der Waals surface area (Å²) in [5.41, 5.74) is 0. The van der Waals surface area contributed by atoms with Crippen LogP contribution < -0.4 is 0 Å². The van der Waals surface area contributed by atoms with Crippen LogP contribution in [0.25, 0.3) is 0 Å². The molecule has 76 valence electrons. The molecular weight excluding hydrogens is 180 g/mol. The molecule has 0 spiro atoms. The summed E-state index contributed by atoms with van der Waals surface area (Å²) in [5.74, 6) is -3.57. The van der Waals surface area contributed by atoms with Crippen molar-refractivity contribution in [1.29, 1.82) is 0 Å². The summed E-state index contributed by atoms with van der Waals surface area (Å²) in [6.45, 7) is -0.253. The lowest BCUT2D eigenvalue weighted by Gasteiger charge is -2.16. The standard InChI is InChI=1S/C8H13F2NO2/c1-11-5-8(9,10)4-6(11)2-3-7(12)13/h6H,2-5H2,1H3,(H,12,13)/t6-/m0/s1. The van der Waals surface area contributed by atoms with Gasteiger partial charge in [-0.3, -0.25) is 9.69 Å². The molecule has 0 aromatic rings. The first-order valence-electron chi connectivity index (χ1n) is 4.20. The van der Waals surface area contributed by atoms with E-state index in [0.717, 1.165) is 0 Å². The molecule has 1 rings (SSSR count). The summed E-state index contributed by atoms with van der Waals surface area (Å²) in [5, 5.41) is 8.38. The minimum Gasteiger partial charge on any atom is -0.481 e. The topological polar surface area (TPSA) is 40.5 Å². The molecule has 1 aliphatic heterocycles. The molecule has 0 radical (unpaired) electrons. The molecule has 0 unspecified atom stereocenters. The first-order chi connectivity index (χ1) is 5.91. The molecule has 3 nitrogen and oxygen atoms in total. The molecule has 0 bridgehead atoms. The van der Waals surface area contributed by atoms with Gasteiger partial charge in [0.2, 0.25) is 0 Å². The molecular formula is C8H13F2NO2. The van der Waals surface area contributed by atoms with E-state index in [-0.39, 0.29) is 25.4 Å². The average Bonchev–Trinajstić information content (AvgIpc) is 2.20. The predicted molar refractivity (Wildman–Crippen MR) is 42.9 cm³/mol. The highest BCUT2D eigenvalue weighted by molar-refractivity contribution is 5.66. The fourth-order valence-electron chi connectivity index (χ4n) is 1.67. The van der Waals surface area contributed by atoms with Crippen molar-refractivity contribution in [3.05, 3.63) is 0 Å². The molecule has 0 aliphatic carbocycles. The summed E-state index contributed by atoms with van der Waals surface area (Å²) in [6, 6.07) is -0.286. The smallest absolute Gasteiger partial charge is 0.303 e. The van der Waals surface area contributed by atoms with Gasteiger partial charge in [0.05, 0.1) is 6.54 Å². The Hall–Kier alpha value is -0.710. The zero-order valence-corrected chi connectivity index (χ0v) is 7.46. The Morgan fingerprint density at radius 1 is 1.69 bits per heavy atom. The van der Waals surface area contributed by atoms with Crippen LogP contribution in [0.15, 0.2) is 0 Å². The van der Waals surface area contributed by atoms with E-state index in [4.69, 9.17) is 5.11 Å². The second-order valence-corrected chi connectivity index (χ2v) is 3.56. The van der Waals surface area contributed by atoms with Gasteiger partial charge in [-0.1, -0.05) is 0 Å². The van der Waals surface area contributed by atoms with Gasteiger partial charge < -0.3 is 5.11 Å². The molecule has 1 heterocycles. The lowest BCUT2D eigenvalue weighted by Crippen LogP contribution is -2.26. The third-order valence-corrected chi connectivity index (χ3v) is 2.33. The van der Waals surface area contributed by atoms with Crippen LogP contribution >= 0.6 is 0 Å². The minimum atomic E-state index is -2.64. The van der Waals surface area contributed by atoms with Crippen LogP contribution in [0.2, 0.25) is 0 Å². The maximum absolute atomic E-state index is 12.8. The van der Waals surface area contributed by atoms with E-state index in [0.29, 0.717) is 6.42 Å². The van der Waals surface area contributed by atoms with E-state index in [1.165, 1.54) is 4.90 Å². The minimum absolute atomic E-state index is 0.0366.